The first-order valence-electron chi connectivity index (χ1n) is 11.0. The number of ether oxygens (including phenoxy) is 2. The van der Waals surface area contributed by atoms with Gasteiger partial charge in [-0.1, -0.05) is 6.92 Å². The van der Waals surface area contributed by atoms with Crippen molar-refractivity contribution in [3.05, 3.63) is 36.3 Å². The third kappa shape index (κ3) is 4.72. The molecule has 4 heterocycles. The van der Waals surface area contributed by atoms with E-state index in [1.54, 1.807) is 0 Å². The number of nitrogens with one attached hydrogen (secondary N) is 1. The molecule has 0 aromatic carbocycles. The SMILES string of the molecule is CCc1ccnc2cc(-c3cnn(C(C)(C)C)c3)nc(OC[C@@H]3CNCC(C)(C)O3)c12. The Morgan fingerprint density at radius 3 is 2.81 bits per heavy atom. The lowest BCUT2D eigenvalue weighted by Gasteiger charge is -2.36. The maximum atomic E-state index is 6.29. The number of hydrogen-bond donors (Lipinski definition) is 1. The van der Waals surface area contributed by atoms with Gasteiger partial charge in [-0.2, -0.15) is 5.10 Å². The summed E-state index contributed by atoms with van der Waals surface area (Å²) in [6.45, 7) is 14.7. The summed E-state index contributed by atoms with van der Waals surface area (Å²) < 4.78 is 14.4. The van der Waals surface area contributed by atoms with Crippen molar-refractivity contribution in [3.8, 4) is 17.1 Å². The molecule has 7 heteroatoms. The number of morpholine rings is 1. The van der Waals surface area contributed by atoms with Gasteiger partial charge in [-0.25, -0.2) is 4.98 Å². The summed E-state index contributed by atoms with van der Waals surface area (Å²) in [5.41, 5.74) is 3.50. The molecule has 0 amide bonds. The summed E-state index contributed by atoms with van der Waals surface area (Å²) in [7, 11) is 0. The second kappa shape index (κ2) is 8.20. The Hall–Kier alpha value is -2.51. The van der Waals surface area contributed by atoms with E-state index in [1.807, 2.05) is 35.4 Å². The highest BCUT2D eigenvalue weighted by molar-refractivity contribution is 5.89. The lowest BCUT2D eigenvalue weighted by atomic mass is 10.1. The van der Waals surface area contributed by atoms with Gasteiger partial charge in [-0.05, 0) is 58.7 Å². The normalized spacial score (nSPS) is 19.0. The van der Waals surface area contributed by atoms with Gasteiger partial charge < -0.3 is 14.8 Å². The van der Waals surface area contributed by atoms with Crippen molar-refractivity contribution in [2.75, 3.05) is 19.7 Å². The monoisotopic (exact) mass is 423 g/mol. The summed E-state index contributed by atoms with van der Waals surface area (Å²) >= 11 is 0. The van der Waals surface area contributed by atoms with E-state index in [-0.39, 0.29) is 17.2 Å². The second-order valence-electron chi connectivity index (χ2n) is 9.82. The van der Waals surface area contributed by atoms with E-state index in [9.17, 15) is 0 Å². The second-order valence-corrected chi connectivity index (χ2v) is 9.82. The first-order chi connectivity index (χ1) is 14.7. The van der Waals surface area contributed by atoms with Gasteiger partial charge in [0.15, 0.2) is 0 Å². The fourth-order valence-corrected chi connectivity index (χ4v) is 3.91. The highest BCUT2D eigenvalue weighted by Gasteiger charge is 2.29. The molecule has 0 unspecified atom stereocenters. The van der Waals surface area contributed by atoms with Crippen molar-refractivity contribution in [1.82, 2.24) is 25.1 Å². The van der Waals surface area contributed by atoms with Crippen LogP contribution in [0.3, 0.4) is 0 Å². The summed E-state index contributed by atoms with van der Waals surface area (Å²) in [4.78, 5) is 9.52. The van der Waals surface area contributed by atoms with Crippen LogP contribution in [0, 0.1) is 0 Å². The van der Waals surface area contributed by atoms with Gasteiger partial charge in [-0.15, -0.1) is 0 Å². The zero-order chi connectivity index (χ0) is 22.2. The van der Waals surface area contributed by atoms with Crippen LogP contribution < -0.4 is 10.1 Å². The number of pyridine rings is 2. The molecule has 4 rings (SSSR count). The number of aryl methyl sites for hydroxylation is 1. The van der Waals surface area contributed by atoms with Crippen LogP contribution in [-0.2, 0) is 16.7 Å². The summed E-state index contributed by atoms with van der Waals surface area (Å²) in [6, 6.07) is 4.06. The smallest absolute Gasteiger partial charge is 0.223 e. The van der Waals surface area contributed by atoms with Crippen LogP contribution in [0.1, 0.15) is 47.1 Å². The molecule has 1 N–H and O–H groups in total. The minimum Gasteiger partial charge on any atom is -0.474 e. The van der Waals surface area contributed by atoms with Crippen LogP contribution in [-0.4, -0.2) is 51.1 Å². The van der Waals surface area contributed by atoms with Gasteiger partial charge >= 0.3 is 0 Å². The third-order valence-electron chi connectivity index (χ3n) is 5.54. The van der Waals surface area contributed by atoms with Crippen LogP contribution >= 0.6 is 0 Å². The van der Waals surface area contributed by atoms with Crippen LogP contribution in [0.25, 0.3) is 22.2 Å². The Kier molecular flexibility index (Phi) is 5.75. The van der Waals surface area contributed by atoms with Gasteiger partial charge in [0, 0.05) is 31.0 Å². The van der Waals surface area contributed by atoms with E-state index in [0.29, 0.717) is 12.5 Å². The molecular formula is C24H33N5O2. The topological polar surface area (TPSA) is 74.1 Å². The van der Waals surface area contributed by atoms with Crippen molar-refractivity contribution in [2.45, 2.75) is 65.2 Å². The standard InChI is InChI=1S/C24H33N5O2/c1-7-16-8-9-26-20-10-19(17-11-27-29(13-17)23(2,3)4)28-22(21(16)20)30-14-18-12-25-15-24(5,6)31-18/h8-11,13,18,25H,7,12,14-15H2,1-6H3/t18-/m0/s1. The summed E-state index contributed by atoms with van der Waals surface area (Å²) in [5, 5.41) is 8.93. The van der Waals surface area contributed by atoms with E-state index in [2.05, 4.69) is 56.9 Å². The fourth-order valence-electron chi connectivity index (χ4n) is 3.91. The maximum Gasteiger partial charge on any atom is 0.223 e. The molecule has 7 nitrogen and oxygen atoms in total. The molecule has 31 heavy (non-hydrogen) atoms. The number of hydrogen-bond acceptors (Lipinski definition) is 6. The Balaban J connectivity index is 1.71. The molecule has 1 aliphatic rings. The zero-order valence-electron chi connectivity index (χ0n) is 19.4. The van der Waals surface area contributed by atoms with E-state index in [1.165, 1.54) is 5.56 Å². The lowest BCUT2D eigenvalue weighted by molar-refractivity contribution is -0.107. The van der Waals surface area contributed by atoms with E-state index in [0.717, 1.165) is 41.7 Å². The largest absolute Gasteiger partial charge is 0.474 e. The third-order valence-corrected chi connectivity index (χ3v) is 5.54. The molecule has 1 aliphatic heterocycles. The number of nitrogens with zero attached hydrogens (tertiary/aromatic N) is 4. The maximum absolute atomic E-state index is 6.29. The average molecular weight is 424 g/mol. The number of aromatic nitrogens is 4. The number of fused-ring (bicyclic) bond motifs is 1. The summed E-state index contributed by atoms with van der Waals surface area (Å²) in [6.07, 6.45) is 6.58. The van der Waals surface area contributed by atoms with Crippen LogP contribution in [0.4, 0.5) is 0 Å². The minimum atomic E-state index is -0.207. The molecule has 1 atom stereocenters. The highest BCUT2D eigenvalue weighted by atomic mass is 16.6. The molecule has 3 aromatic rings. The van der Waals surface area contributed by atoms with E-state index in [4.69, 9.17) is 14.5 Å². The zero-order valence-corrected chi connectivity index (χ0v) is 19.4. The van der Waals surface area contributed by atoms with Gasteiger partial charge in [-0.3, -0.25) is 9.67 Å². The van der Waals surface area contributed by atoms with Crippen molar-refractivity contribution >= 4 is 10.9 Å². The molecule has 0 aliphatic carbocycles. The van der Waals surface area contributed by atoms with E-state index < -0.39 is 0 Å². The van der Waals surface area contributed by atoms with Gasteiger partial charge in [0.05, 0.1) is 33.9 Å². The van der Waals surface area contributed by atoms with Crippen LogP contribution in [0.15, 0.2) is 30.7 Å². The Labute approximate surface area is 184 Å². The highest BCUT2D eigenvalue weighted by Crippen LogP contribution is 2.32. The summed E-state index contributed by atoms with van der Waals surface area (Å²) in [5.74, 6) is 0.605. The molecule has 0 saturated carbocycles. The molecular weight excluding hydrogens is 390 g/mol. The number of rotatable bonds is 5. The van der Waals surface area contributed by atoms with Gasteiger partial charge in [0.2, 0.25) is 5.88 Å². The van der Waals surface area contributed by atoms with Gasteiger partial charge in [0.25, 0.3) is 0 Å². The lowest BCUT2D eigenvalue weighted by Crippen LogP contribution is -2.52. The quantitative estimate of drug-likeness (QED) is 0.670. The van der Waals surface area contributed by atoms with Crippen LogP contribution in [0.5, 0.6) is 5.88 Å². The first kappa shape index (κ1) is 21.7. The van der Waals surface area contributed by atoms with Crippen LogP contribution in [0.2, 0.25) is 0 Å². The molecule has 166 valence electrons. The molecule has 0 radical (unpaired) electrons. The van der Waals surface area contributed by atoms with Crippen molar-refractivity contribution in [1.29, 1.82) is 0 Å². The minimum absolute atomic E-state index is 0.0327. The molecule has 3 aromatic heterocycles. The van der Waals surface area contributed by atoms with E-state index >= 15 is 0 Å². The van der Waals surface area contributed by atoms with Crippen molar-refractivity contribution < 1.29 is 9.47 Å². The van der Waals surface area contributed by atoms with Crippen molar-refractivity contribution in [3.63, 3.8) is 0 Å². The Morgan fingerprint density at radius 1 is 1.32 bits per heavy atom. The Morgan fingerprint density at radius 2 is 2.13 bits per heavy atom. The fraction of sp³-hybridized carbons (Fsp3) is 0.542. The van der Waals surface area contributed by atoms with Crippen molar-refractivity contribution in [2.24, 2.45) is 0 Å². The predicted octanol–water partition coefficient (Wildman–Crippen LogP) is 3.96. The molecule has 0 bridgehead atoms. The average Bonchev–Trinajstić information content (AvgIpc) is 3.21. The molecule has 1 saturated heterocycles. The van der Waals surface area contributed by atoms with Gasteiger partial charge in [0.1, 0.15) is 12.7 Å². The first-order valence-corrected chi connectivity index (χ1v) is 11.0. The molecule has 0 spiro atoms. The predicted molar refractivity (Wildman–Crippen MR) is 122 cm³/mol. The Bertz CT molecular complexity index is 1070. The molecule has 1 fully saturated rings.